The van der Waals surface area contributed by atoms with Gasteiger partial charge in [0.05, 0.1) is 17.2 Å². The van der Waals surface area contributed by atoms with Crippen LogP contribution in [0.1, 0.15) is 24.0 Å². The molecule has 0 atom stereocenters. The van der Waals surface area contributed by atoms with Crippen LogP contribution >= 0.6 is 23.2 Å². The number of carbonyl (C=O) groups is 1. The highest BCUT2D eigenvalue weighted by molar-refractivity contribution is 6.35. The highest BCUT2D eigenvalue weighted by atomic mass is 35.5. The number of piperidine rings is 1. The fraction of sp³-hybridized carbons (Fsp3) is 0.259. The molecule has 1 aliphatic rings. The first-order valence-electron chi connectivity index (χ1n) is 11.1. The zero-order valence-corrected chi connectivity index (χ0v) is 20.4. The normalized spacial score (nSPS) is 15.5. The third-order valence-electron chi connectivity index (χ3n) is 6.16. The lowest BCUT2D eigenvalue weighted by atomic mass is 9.83. The summed E-state index contributed by atoms with van der Waals surface area (Å²) < 4.78 is 6.33. The minimum atomic E-state index is -0.553. The predicted molar refractivity (Wildman–Crippen MR) is 136 cm³/mol. The van der Waals surface area contributed by atoms with E-state index in [0.717, 1.165) is 42.6 Å². The quantitative estimate of drug-likeness (QED) is 0.449. The summed E-state index contributed by atoms with van der Waals surface area (Å²) in [6.07, 6.45) is 1.56. The monoisotopic (exact) mass is 493 g/mol. The van der Waals surface area contributed by atoms with Gasteiger partial charge in [-0.25, -0.2) is 0 Å². The van der Waals surface area contributed by atoms with E-state index in [1.165, 1.54) is 0 Å². The Morgan fingerprint density at radius 3 is 2.35 bits per heavy atom. The Hall–Kier alpha value is -2.88. The molecule has 4 rings (SSSR count). The lowest BCUT2D eigenvalue weighted by Crippen LogP contribution is -2.44. The molecular formula is C27H25Cl2N3O2. The van der Waals surface area contributed by atoms with Gasteiger partial charge in [0.25, 0.3) is 0 Å². The van der Waals surface area contributed by atoms with E-state index in [2.05, 4.69) is 35.5 Å². The van der Waals surface area contributed by atoms with Crippen LogP contribution in [-0.4, -0.2) is 37.6 Å². The van der Waals surface area contributed by atoms with Crippen molar-refractivity contribution in [2.75, 3.05) is 32.1 Å². The van der Waals surface area contributed by atoms with Crippen molar-refractivity contribution in [2.24, 2.45) is 0 Å². The second kappa shape index (κ2) is 10.6. The summed E-state index contributed by atoms with van der Waals surface area (Å²) in [6.45, 7) is 1.66. The Morgan fingerprint density at radius 2 is 1.71 bits per heavy atom. The van der Waals surface area contributed by atoms with Gasteiger partial charge in [-0.05, 0) is 66.9 Å². The van der Waals surface area contributed by atoms with Gasteiger partial charge in [-0.15, -0.1) is 0 Å². The zero-order valence-electron chi connectivity index (χ0n) is 18.9. The summed E-state index contributed by atoms with van der Waals surface area (Å²) in [5.74, 6) is -0.262. The number of benzene rings is 3. The highest BCUT2D eigenvalue weighted by Gasteiger charge is 2.37. The van der Waals surface area contributed by atoms with Gasteiger partial charge >= 0.3 is 0 Å². The lowest BCUT2D eigenvalue weighted by Gasteiger charge is -2.41. The van der Waals surface area contributed by atoms with E-state index in [4.69, 9.17) is 27.9 Å². The second-order valence-electron chi connectivity index (χ2n) is 8.56. The molecule has 34 heavy (non-hydrogen) atoms. The summed E-state index contributed by atoms with van der Waals surface area (Å²) in [4.78, 5) is 14.9. The molecule has 0 aliphatic carbocycles. The number of carbonyl (C=O) groups excluding carboxylic acids is 1. The van der Waals surface area contributed by atoms with Crippen molar-refractivity contribution in [2.45, 2.75) is 18.4 Å². The molecule has 1 N–H and O–H groups in total. The van der Waals surface area contributed by atoms with Crippen LogP contribution < -0.4 is 5.32 Å². The molecular weight excluding hydrogens is 469 g/mol. The molecule has 0 bridgehead atoms. The third kappa shape index (κ3) is 5.78. The number of nitriles is 1. The van der Waals surface area contributed by atoms with Crippen molar-refractivity contribution in [3.8, 4) is 17.2 Å². The van der Waals surface area contributed by atoms with Gasteiger partial charge in [-0.1, -0.05) is 59.6 Å². The van der Waals surface area contributed by atoms with Gasteiger partial charge in [-0.2, -0.15) is 5.26 Å². The molecule has 1 saturated heterocycles. The number of hydrogen-bond donors (Lipinski definition) is 1. The molecule has 5 nitrogen and oxygen atoms in total. The maximum absolute atomic E-state index is 12.7. The number of ether oxygens (including phenoxy) is 1. The fourth-order valence-electron chi connectivity index (χ4n) is 4.26. The lowest BCUT2D eigenvalue weighted by molar-refractivity contribution is -0.134. The summed E-state index contributed by atoms with van der Waals surface area (Å²) in [6, 6.07) is 22.9. The number of halogens is 2. The summed E-state index contributed by atoms with van der Waals surface area (Å²) in [5, 5.41) is 12.9. The van der Waals surface area contributed by atoms with Crippen LogP contribution in [0, 0.1) is 11.3 Å². The average molecular weight is 494 g/mol. The first kappa shape index (κ1) is 24.3. The maximum atomic E-state index is 12.7. The Balaban J connectivity index is 1.51. The SMILES string of the molecule is CN1CCC(OCC(=O)Nc2cc(Cl)cc(Cl)c2)(c2ccc(-c3cccc(C#N)c3)cc2)CC1. The Morgan fingerprint density at radius 1 is 1.03 bits per heavy atom. The van der Waals surface area contributed by atoms with Crippen LogP contribution in [0.3, 0.4) is 0 Å². The van der Waals surface area contributed by atoms with Crippen molar-refractivity contribution in [3.63, 3.8) is 0 Å². The number of nitrogens with one attached hydrogen (secondary N) is 1. The van der Waals surface area contributed by atoms with Crippen LogP contribution in [-0.2, 0) is 15.1 Å². The van der Waals surface area contributed by atoms with Crippen LogP contribution in [0.25, 0.3) is 11.1 Å². The van der Waals surface area contributed by atoms with E-state index in [0.29, 0.717) is 21.3 Å². The van der Waals surface area contributed by atoms with Gasteiger partial charge < -0.3 is 15.0 Å². The van der Waals surface area contributed by atoms with E-state index in [1.54, 1.807) is 24.3 Å². The van der Waals surface area contributed by atoms with Crippen molar-refractivity contribution in [3.05, 3.63) is 87.9 Å². The van der Waals surface area contributed by atoms with Crippen LogP contribution in [0.15, 0.2) is 66.7 Å². The van der Waals surface area contributed by atoms with Crippen LogP contribution in [0.2, 0.25) is 10.0 Å². The molecule has 0 radical (unpaired) electrons. The minimum absolute atomic E-state index is 0.0835. The van der Waals surface area contributed by atoms with E-state index in [1.807, 2.05) is 30.3 Å². The van der Waals surface area contributed by atoms with E-state index >= 15 is 0 Å². The first-order chi connectivity index (χ1) is 16.4. The third-order valence-corrected chi connectivity index (χ3v) is 6.59. The first-order valence-corrected chi connectivity index (χ1v) is 11.8. The number of anilines is 1. The number of amides is 1. The maximum Gasteiger partial charge on any atom is 0.250 e. The largest absolute Gasteiger partial charge is 0.360 e. The molecule has 3 aromatic carbocycles. The topological polar surface area (TPSA) is 65.4 Å². The van der Waals surface area contributed by atoms with E-state index in [-0.39, 0.29) is 12.5 Å². The molecule has 1 aliphatic heterocycles. The van der Waals surface area contributed by atoms with Crippen LogP contribution in [0.5, 0.6) is 0 Å². The molecule has 174 valence electrons. The van der Waals surface area contributed by atoms with E-state index < -0.39 is 5.60 Å². The average Bonchev–Trinajstić information content (AvgIpc) is 2.83. The van der Waals surface area contributed by atoms with Crippen molar-refractivity contribution < 1.29 is 9.53 Å². The molecule has 0 saturated carbocycles. The van der Waals surface area contributed by atoms with Gasteiger partial charge in [0.1, 0.15) is 6.61 Å². The molecule has 1 amide bonds. The summed E-state index contributed by atoms with van der Waals surface area (Å²) in [7, 11) is 2.09. The smallest absolute Gasteiger partial charge is 0.250 e. The molecule has 0 aromatic heterocycles. The molecule has 1 fully saturated rings. The molecule has 1 heterocycles. The molecule has 0 spiro atoms. The van der Waals surface area contributed by atoms with Crippen molar-refractivity contribution in [1.29, 1.82) is 5.26 Å². The van der Waals surface area contributed by atoms with Crippen LogP contribution in [0.4, 0.5) is 5.69 Å². The predicted octanol–water partition coefficient (Wildman–Crippen LogP) is 6.11. The fourth-order valence-corrected chi connectivity index (χ4v) is 4.78. The van der Waals surface area contributed by atoms with E-state index in [9.17, 15) is 10.1 Å². The Bertz CT molecular complexity index is 1190. The number of nitrogens with zero attached hydrogens (tertiary/aromatic N) is 2. The highest BCUT2D eigenvalue weighted by Crippen LogP contribution is 2.37. The van der Waals surface area contributed by atoms with Gasteiger partial charge in [0, 0.05) is 28.8 Å². The Kier molecular flexibility index (Phi) is 7.55. The standard InChI is InChI=1S/C27H25Cl2N3O2/c1-32-11-9-27(10-12-32,34-18-26(33)31-25-15-23(28)14-24(29)16-25)22-7-5-20(6-8-22)21-4-2-3-19(13-21)17-30/h2-8,13-16H,9-12,18H2,1H3,(H,31,33). The van der Waals surface area contributed by atoms with Gasteiger partial charge in [0.2, 0.25) is 5.91 Å². The summed E-state index contributed by atoms with van der Waals surface area (Å²) in [5.41, 5.74) is 3.67. The number of hydrogen-bond acceptors (Lipinski definition) is 4. The van der Waals surface area contributed by atoms with Gasteiger partial charge in [0.15, 0.2) is 0 Å². The summed E-state index contributed by atoms with van der Waals surface area (Å²) >= 11 is 12.1. The van der Waals surface area contributed by atoms with Crippen molar-refractivity contribution >= 4 is 34.8 Å². The minimum Gasteiger partial charge on any atom is -0.360 e. The zero-order chi connectivity index (χ0) is 24.1. The molecule has 3 aromatic rings. The number of likely N-dealkylation sites (tertiary alicyclic amines) is 1. The Labute approximate surface area is 209 Å². The number of rotatable bonds is 6. The molecule has 7 heteroatoms. The van der Waals surface area contributed by atoms with Crippen molar-refractivity contribution in [1.82, 2.24) is 4.90 Å². The second-order valence-corrected chi connectivity index (χ2v) is 9.44. The molecule has 0 unspecified atom stereocenters. The van der Waals surface area contributed by atoms with Gasteiger partial charge in [-0.3, -0.25) is 4.79 Å².